The molecule has 0 bridgehead atoms. The number of likely N-dealkylation sites (N-methyl/N-ethyl adjacent to an activating group) is 1. The summed E-state index contributed by atoms with van der Waals surface area (Å²) in [5, 5.41) is 3.52. The van der Waals surface area contributed by atoms with E-state index in [1.54, 1.807) is 11.8 Å². The van der Waals surface area contributed by atoms with E-state index in [1.807, 2.05) is 30.3 Å². The maximum atomic E-state index is 13.8. The van der Waals surface area contributed by atoms with Crippen molar-refractivity contribution >= 4 is 29.7 Å². The molecule has 2 amide bonds. The van der Waals surface area contributed by atoms with Crippen LogP contribution in [0.25, 0.3) is 6.08 Å². The summed E-state index contributed by atoms with van der Waals surface area (Å²) in [5.74, 6) is 0.102. The van der Waals surface area contributed by atoms with Crippen LogP contribution in [0.1, 0.15) is 71.6 Å². The van der Waals surface area contributed by atoms with Gasteiger partial charge in [0.1, 0.15) is 0 Å². The van der Waals surface area contributed by atoms with Crippen LogP contribution in [0.15, 0.2) is 47.4 Å². The molecule has 6 nitrogen and oxygen atoms in total. The molecule has 0 spiro atoms. The topological polar surface area (TPSA) is 55.9 Å². The summed E-state index contributed by atoms with van der Waals surface area (Å²) in [5.41, 5.74) is 5.33. The second-order valence-corrected chi connectivity index (χ2v) is 13.2. The molecular weight excluding hydrogens is 528 g/mol. The van der Waals surface area contributed by atoms with Gasteiger partial charge in [0, 0.05) is 56.1 Å². The predicted octanol–water partition coefficient (Wildman–Crippen LogP) is 5.49. The fraction of sp³-hybridized carbons (Fsp3) is 0.529. The highest BCUT2D eigenvalue weighted by Gasteiger charge is 2.40. The Morgan fingerprint density at radius 3 is 2.49 bits per heavy atom. The number of carbonyl (C=O) groups excluding carboxylic acids is 2. The lowest BCUT2D eigenvalue weighted by molar-refractivity contribution is -0.130. The molecular formula is C34H46N4O2S. The van der Waals surface area contributed by atoms with E-state index in [0.717, 1.165) is 69.0 Å². The first-order valence-electron chi connectivity index (χ1n) is 15.5. The van der Waals surface area contributed by atoms with Crippen molar-refractivity contribution in [2.75, 3.05) is 45.8 Å². The van der Waals surface area contributed by atoms with Crippen LogP contribution >= 0.6 is 11.8 Å². The van der Waals surface area contributed by atoms with Crippen molar-refractivity contribution in [1.29, 1.82) is 0 Å². The van der Waals surface area contributed by atoms with E-state index in [1.165, 1.54) is 29.5 Å². The van der Waals surface area contributed by atoms with Gasteiger partial charge in [0.05, 0.1) is 4.91 Å². The second-order valence-electron chi connectivity index (χ2n) is 11.9. The molecule has 2 aliphatic heterocycles. The van der Waals surface area contributed by atoms with Crippen LogP contribution in [-0.2, 0) is 11.3 Å². The Balaban J connectivity index is 1.19. The van der Waals surface area contributed by atoms with E-state index >= 15 is 0 Å². The van der Waals surface area contributed by atoms with Gasteiger partial charge in [0.15, 0.2) is 0 Å². The summed E-state index contributed by atoms with van der Waals surface area (Å²) in [6.45, 7) is 14.5. The molecule has 1 saturated carbocycles. The number of carbonyl (C=O) groups is 2. The predicted molar refractivity (Wildman–Crippen MR) is 170 cm³/mol. The third-order valence-corrected chi connectivity index (χ3v) is 10.4. The maximum absolute atomic E-state index is 13.8. The molecule has 3 aliphatic rings. The summed E-state index contributed by atoms with van der Waals surface area (Å²) in [7, 11) is 0. The van der Waals surface area contributed by atoms with E-state index in [9.17, 15) is 9.59 Å². The standard InChI is InChI=1S/C34H46N4O2S/c1-4-36-18-20-37(21-19-36)17-7-16-35-33(39)28-14-12-27(13-15-28)23-32-34(40)38(30-8-5-6-9-31(30)41-32)24-29-22-25(2)10-11-26(29)3/h10-15,22-23,30-31H,4-9,16-21,24H2,1-3H3,(H,35,39)/b32-23+. The number of fused-ring (bicyclic) bond motifs is 1. The first-order valence-corrected chi connectivity index (χ1v) is 16.4. The minimum Gasteiger partial charge on any atom is -0.352 e. The second kappa shape index (κ2) is 14.0. The molecule has 3 fully saturated rings. The minimum absolute atomic E-state index is 0.0344. The molecule has 220 valence electrons. The van der Waals surface area contributed by atoms with Crippen molar-refractivity contribution in [1.82, 2.24) is 20.0 Å². The fourth-order valence-corrected chi connectivity index (χ4v) is 7.81. The van der Waals surface area contributed by atoms with Gasteiger partial charge in [-0.2, -0.15) is 0 Å². The Kier molecular flexibility index (Phi) is 10.2. The van der Waals surface area contributed by atoms with E-state index in [4.69, 9.17) is 0 Å². The number of amides is 2. The van der Waals surface area contributed by atoms with Gasteiger partial charge in [-0.15, -0.1) is 11.8 Å². The van der Waals surface area contributed by atoms with Gasteiger partial charge >= 0.3 is 0 Å². The van der Waals surface area contributed by atoms with E-state index < -0.39 is 0 Å². The van der Waals surface area contributed by atoms with Crippen molar-refractivity contribution in [3.8, 4) is 0 Å². The van der Waals surface area contributed by atoms with Crippen LogP contribution in [-0.4, -0.2) is 83.6 Å². The van der Waals surface area contributed by atoms with Gasteiger partial charge in [-0.05, 0) is 81.1 Å². The Hall–Kier alpha value is -2.61. The number of benzene rings is 2. The highest BCUT2D eigenvalue weighted by molar-refractivity contribution is 8.04. The maximum Gasteiger partial charge on any atom is 0.260 e. The molecule has 2 aromatic carbocycles. The largest absolute Gasteiger partial charge is 0.352 e. The Bertz CT molecular complexity index is 1240. The molecule has 41 heavy (non-hydrogen) atoms. The fourth-order valence-electron chi connectivity index (χ4n) is 6.33. The number of aryl methyl sites for hydroxylation is 2. The summed E-state index contributed by atoms with van der Waals surface area (Å²) >= 11 is 1.76. The molecule has 2 unspecified atom stereocenters. The highest BCUT2D eigenvalue weighted by Crippen LogP contribution is 2.43. The molecule has 1 N–H and O–H groups in total. The zero-order chi connectivity index (χ0) is 28.8. The van der Waals surface area contributed by atoms with Gasteiger partial charge < -0.3 is 20.0 Å². The van der Waals surface area contributed by atoms with E-state index in [2.05, 4.69) is 59.0 Å². The summed E-state index contributed by atoms with van der Waals surface area (Å²) in [4.78, 5) is 34.5. The third kappa shape index (κ3) is 7.62. The summed E-state index contributed by atoms with van der Waals surface area (Å²) in [6, 6.07) is 14.5. The van der Waals surface area contributed by atoms with Crippen LogP contribution in [0, 0.1) is 13.8 Å². The zero-order valence-corrected chi connectivity index (χ0v) is 25.8. The average Bonchev–Trinajstić information content (AvgIpc) is 2.99. The number of thioether (sulfide) groups is 1. The van der Waals surface area contributed by atoms with Crippen molar-refractivity contribution < 1.29 is 9.59 Å². The molecule has 7 heteroatoms. The quantitative estimate of drug-likeness (QED) is 0.317. The van der Waals surface area contributed by atoms with Crippen LogP contribution in [0.5, 0.6) is 0 Å². The lowest BCUT2D eigenvalue weighted by Crippen LogP contribution is -2.50. The van der Waals surface area contributed by atoms with Gasteiger partial charge in [0.25, 0.3) is 11.8 Å². The monoisotopic (exact) mass is 574 g/mol. The van der Waals surface area contributed by atoms with Crippen LogP contribution in [0.3, 0.4) is 0 Å². The number of nitrogens with zero attached hydrogens (tertiary/aromatic N) is 3. The van der Waals surface area contributed by atoms with Gasteiger partial charge in [-0.1, -0.05) is 55.7 Å². The number of hydrogen-bond donors (Lipinski definition) is 1. The third-order valence-electron chi connectivity index (χ3n) is 8.98. The highest BCUT2D eigenvalue weighted by atomic mass is 32.2. The minimum atomic E-state index is -0.0344. The number of rotatable bonds is 9. The van der Waals surface area contributed by atoms with Crippen LogP contribution in [0.2, 0.25) is 0 Å². The normalized spacial score (nSPS) is 23.0. The van der Waals surface area contributed by atoms with E-state index in [0.29, 0.717) is 29.9 Å². The number of hydrogen-bond acceptors (Lipinski definition) is 5. The molecule has 2 atom stereocenters. The number of nitrogens with one attached hydrogen (secondary N) is 1. The lowest BCUT2D eigenvalue weighted by Gasteiger charge is -2.44. The van der Waals surface area contributed by atoms with Crippen molar-refractivity contribution in [3.63, 3.8) is 0 Å². The molecule has 2 saturated heterocycles. The average molecular weight is 575 g/mol. The Morgan fingerprint density at radius 1 is 1.00 bits per heavy atom. The van der Waals surface area contributed by atoms with Gasteiger partial charge in [0.2, 0.25) is 0 Å². The van der Waals surface area contributed by atoms with Crippen LogP contribution < -0.4 is 5.32 Å². The zero-order valence-electron chi connectivity index (χ0n) is 25.0. The molecule has 0 aromatic heterocycles. The lowest BCUT2D eigenvalue weighted by atomic mass is 9.92. The molecule has 0 radical (unpaired) electrons. The van der Waals surface area contributed by atoms with Crippen molar-refractivity contribution in [3.05, 3.63) is 75.2 Å². The number of piperazine rings is 1. The molecule has 1 aliphatic carbocycles. The molecule has 2 heterocycles. The van der Waals surface area contributed by atoms with Gasteiger partial charge in [-0.3, -0.25) is 9.59 Å². The summed E-state index contributed by atoms with van der Waals surface area (Å²) < 4.78 is 0. The van der Waals surface area contributed by atoms with Crippen LogP contribution in [0.4, 0.5) is 0 Å². The van der Waals surface area contributed by atoms with Crippen molar-refractivity contribution in [2.24, 2.45) is 0 Å². The van der Waals surface area contributed by atoms with Gasteiger partial charge in [-0.25, -0.2) is 0 Å². The smallest absolute Gasteiger partial charge is 0.260 e. The Morgan fingerprint density at radius 2 is 1.73 bits per heavy atom. The Labute approximate surface area is 250 Å². The summed E-state index contributed by atoms with van der Waals surface area (Å²) in [6.07, 6.45) is 7.64. The first-order chi connectivity index (χ1) is 19.9. The molecule has 5 rings (SSSR count). The van der Waals surface area contributed by atoms with E-state index in [-0.39, 0.29) is 11.8 Å². The first kappa shape index (κ1) is 29.9. The SMILES string of the molecule is CCN1CCN(CCCNC(=O)c2ccc(/C=C3/SC4CCCCC4N(Cc4cc(C)ccc4C)C3=O)cc2)CC1. The molecule has 2 aromatic rings. The van der Waals surface area contributed by atoms with Crippen molar-refractivity contribution in [2.45, 2.75) is 70.7 Å².